The maximum absolute atomic E-state index is 5.45. The molecule has 7 heteroatoms. The first-order valence-electron chi connectivity index (χ1n) is 10.4. The van der Waals surface area contributed by atoms with Crippen LogP contribution in [0.5, 0.6) is 17.2 Å². The van der Waals surface area contributed by atoms with Crippen LogP contribution in [0.1, 0.15) is 36.5 Å². The Labute approximate surface area is 202 Å². The van der Waals surface area contributed by atoms with Crippen LogP contribution in [0.2, 0.25) is 0 Å². The van der Waals surface area contributed by atoms with Gasteiger partial charge in [-0.3, -0.25) is 0 Å². The van der Waals surface area contributed by atoms with Gasteiger partial charge in [-0.15, -0.1) is 24.0 Å². The molecule has 170 valence electrons. The highest BCUT2D eigenvalue weighted by Crippen LogP contribution is 2.48. The van der Waals surface area contributed by atoms with Gasteiger partial charge in [0.2, 0.25) is 5.75 Å². The first kappa shape index (κ1) is 25.1. The highest BCUT2D eigenvalue weighted by Gasteiger charge is 2.44. The molecule has 0 saturated heterocycles. The Bertz CT molecular complexity index is 872. The number of aliphatic imine (C=N–C) groups is 1. The summed E-state index contributed by atoms with van der Waals surface area (Å²) in [7, 11) is 4.85. The van der Waals surface area contributed by atoms with Gasteiger partial charge in [0.05, 0.1) is 27.9 Å². The molecule has 0 radical (unpaired) electrons. The lowest BCUT2D eigenvalue weighted by molar-refractivity contribution is 0.324. The predicted octanol–water partition coefficient (Wildman–Crippen LogP) is 4.43. The minimum absolute atomic E-state index is 0. The number of rotatable bonds is 9. The molecule has 0 bridgehead atoms. The molecular weight excluding hydrogens is 505 g/mol. The summed E-state index contributed by atoms with van der Waals surface area (Å²) in [5.41, 5.74) is 4.00. The molecule has 0 spiro atoms. The van der Waals surface area contributed by atoms with Crippen molar-refractivity contribution in [3.63, 3.8) is 0 Å². The number of aryl methyl sites for hydroxylation is 1. The van der Waals surface area contributed by atoms with E-state index in [0.29, 0.717) is 23.8 Å². The standard InChI is InChI=1S/C24H33N3O3.HI/c1-6-25-23(27-16-24(11-12-24)19-10-8-7-9-17(19)2)26-15-18-13-20(28-3)22(30-5)21(14-18)29-4;/h7-10,13-14H,6,11-12,15-16H2,1-5H3,(H2,25,26,27);1H. The van der Waals surface area contributed by atoms with Gasteiger partial charge in [-0.05, 0) is 55.5 Å². The van der Waals surface area contributed by atoms with Gasteiger partial charge < -0.3 is 24.8 Å². The molecule has 6 nitrogen and oxygen atoms in total. The Morgan fingerprint density at radius 2 is 1.65 bits per heavy atom. The molecule has 1 aliphatic rings. The number of nitrogens with zero attached hydrogens (tertiary/aromatic N) is 1. The molecule has 0 heterocycles. The Morgan fingerprint density at radius 3 is 2.16 bits per heavy atom. The molecule has 3 rings (SSSR count). The minimum atomic E-state index is 0. The van der Waals surface area contributed by atoms with Gasteiger partial charge in [0.25, 0.3) is 0 Å². The third kappa shape index (κ3) is 5.96. The predicted molar refractivity (Wildman–Crippen MR) is 136 cm³/mol. The third-order valence-electron chi connectivity index (χ3n) is 5.65. The van der Waals surface area contributed by atoms with Crippen LogP contribution < -0.4 is 24.8 Å². The van der Waals surface area contributed by atoms with Crippen molar-refractivity contribution in [1.29, 1.82) is 0 Å². The molecule has 2 aromatic rings. The van der Waals surface area contributed by atoms with Crippen molar-refractivity contribution in [2.75, 3.05) is 34.4 Å². The van der Waals surface area contributed by atoms with Crippen molar-refractivity contribution in [1.82, 2.24) is 10.6 Å². The zero-order valence-electron chi connectivity index (χ0n) is 19.1. The van der Waals surface area contributed by atoms with Crippen LogP contribution in [0, 0.1) is 6.92 Å². The average Bonchev–Trinajstić information content (AvgIpc) is 3.56. The first-order valence-corrected chi connectivity index (χ1v) is 10.4. The van der Waals surface area contributed by atoms with Gasteiger partial charge in [-0.2, -0.15) is 0 Å². The second-order valence-corrected chi connectivity index (χ2v) is 7.68. The fraction of sp³-hybridized carbons (Fsp3) is 0.458. The van der Waals surface area contributed by atoms with E-state index in [1.54, 1.807) is 21.3 Å². The number of ether oxygens (including phenoxy) is 3. The fourth-order valence-electron chi connectivity index (χ4n) is 3.85. The van der Waals surface area contributed by atoms with Crippen LogP contribution in [0.25, 0.3) is 0 Å². The topological polar surface area (TPSA) is 64.1 Å². The van der Waals surface area contributed by atoms with Crippen LogP contribution in [0.15, 0.2) is 41.4 Å². The van der Waals surface area contributed by atoms with E-state index in [-0.39, 0.29) is 29.4 Å². The molecular formula is C24H34IN3O3. The number of guanidine groups is 1. The van der Waals surface area contributed by atoms with E-state index in [0.717, 1.165) is 24.6 Å². The summed E-state index contributed by atoms with van der Waals surface area (Å²) in [4.78, 5) is 4.78. The second-order valence-electron chi connectivity index (χ2n) is 7.68. The summed E-state index contributed by atoms with van der Waals surface area (Å²) in [5.74, 6) is 2.67. The zero-order chi connectivity index (χ0) is 21.6. The van der Waals surface area contributed by atoms with Crippen LogP contribution in [0.3, 0.4) is 0 Å². The number of benzene rings is 2. The summed E-state index contributed by atoms with van der Waals surface area (Å²) in [5, 5.41) is 6.90. The Hall–Kier alpha value is -2.16. The van der Waals surface area contributed by atoms with Crippen molar-refractivity contribution < 1.29 is 14.2 Å². The van der Waals surface area contributed by atoms with Crippen LogP contribution in [0.4, 0.5) is 0 Å². The van der Waals surface area contributed by atoms with Crippen molar-refractivity contribution in [2.24, 2.45) is 4.99 Å². The van der Waals surface area contributed by atoms with Crippen LogP contribution >= 0.6 is 24.0 Å². The summed E-state index contributed by atoms with van der Waals surface area (Å²) >= 11 is 0. The van der Waals surface area contributed by atoms with Crippen LogP contribution in [-0.2, 0) is 12.0 Å². The number of hydrogen-bond acceptors (Lipinski definition) is 4. The lowest BCUT2D eigenvalue weighted by atomic mass is 9.92. The van der Waals surface area contributed by atoms with E-state index in [9.17, 15) is 0 Å². The second kappa shape index (κ2) is 11.5. The zero-order valence-corrected chi connectivity index (χ0v) is 21.4. The lowest BCUT2D eigenvalue weighted by Crippen LogP contribution is -2.41. The summed E-state index contributed by atoms with van der Waals surface area (Å²) in [6.45, 7) is 6.45. The molecule has 1 aliphatic carbocycles. The Kier molecular flexibility index (Phi) is 9.28. The van der Waals surface area contributed by atoms with Gasteiger partial charge in [0.1, 0.15) is 0 Å². The van der Waals surface area contributed by atoms with E-state index in [1.165, 1.54) is 24.0 Å². The average molecular weight is 539 g/mol. The Morgan fingerprint density at radius 1 is 1.00 bits per heavy atom. The largest absolute Gasteiger partial charge is 0.493 e. The fourth-order valence-corrected chi connectivity index (χ4v) is 3.85. The van der Waals surface area contributed by atoms with E-state index >= 15 is 0 Å². The van der Waals surface area contributed by atoms with Crippen molar-refractivity contribution in [2.45, 2.75) is 38.6 Å². The van der Waals surface area contributed by atoms with E-state index in [2.05, 4.69) is 48.7 Å². The number of methoxy groups -OCH3 is 3. The maximum atomic E-state index is 5.45. The van der Waals surface area contributed by atoms with Gasteiger partial charge in [0, 0.05) is 18.5 Å². The molecule has 2 aromatic carbocycles. The molecule has 2 N–H and O–H groups in total. The van der Waals surface area contributed by atoms with Gasteiger partial charge in [-0.25, -0.2) is 4.99 Å². The van der Waals surface area contributed by atoms with E-state index in [1.807, 2.05) is 12.1 Å². The number of nitrogens with one attached hydrogen (secondary N) is 2. The highest BCUT2D eigenvalue weighted by molar-refractivity contribution is 14.0. The van der Waals surface area contributed by atoms with E-state index < -0.39 is 0 Å². The molecule has 0 atom stereocenters. The molecule has 0 aliphatic heterocycles. The van der Waals surface area contributed by atoms with Gasteiger partial charge in [0.15, 0.2) is 17.5 Å². The number of halogens is 1. The third-order valence-corrected chi connectivity index (χ3v) is 5.65. The first-order chi connectivity index (χ1) is 14.6. The lowest BCUT2D eigenvalue weighted by Gasteiger charge is -2.21. The normalized spacial score (nSPS) is 14.3. The van der Waals surface area contributed by atoms with Gasteiger partial charge >= 0.3 is 0 Å². The Balaban J connectivity index is 0.00000341. The minimum Gasteiger partial charge on any atom is -0.493 e. The molecule has 1 saturated carbocycles. The molecule has 0 aromatic heterocycles. The SMILES string of the molecule is CCNC(=NCc1cc(OC)c(OC)c(OC)c1)NCC1(c2ccccc2C)CC1.I. The summed E-state index contributed by atoms with van der Waals surface area (Å²) in [6.07, 6.45) is 2.41. The maximum Gasteiger partial charge on any atom is 0.203 e. The molecule has 0 amide bonds. The van der Waals surface area contributed by atoms with Crippen molar-refractivity contribution >= 4 is 29.9 Å². The van der Waals surface area contributed by atoms with E-state index in [4.69, 9.17) is 19.2 Å². The van der Waals surface area contributed by atoms with Crippen LogP contribution in [-0.4, -0.2) is 40.4 Å². The summed E-state index contributed by atoms with van der Waals surface area (Å²) < 4.78 is 16.3. The summed E-state index contributed by atoms with van der Waals surface area (Å²) in [6, 6.07) is 12.6. The monoisotopic (exact) mass is 539 g/mol. The molecule has 1 fully saturated rings. The smallest absolute Gasteiger partial charge is 0.203 e. The molecule has 0 unspecified atom stereocenters. The van der Waals surface area contributed by atoms with Gasteiger partial charge in [-0.1, -0.05) is 24.3 Å². The van der Waals surface area contributed by atoms with Crippen molar-refractivity contribution in [3.05, 3.63) is 53.1 Å². The highest BCUT2D eigenvalue weighted by atomic mass is 127. The van der Waals surface area contributed by atoms with Crippen molar-refractivity contribution in [3.8, 4) is 17.2 Å². The quantitative estimate of drug-likeness (QED) is 0.281. The molecule has 31 heavy (non-hydrogen) atoms. The number of hydrogen-bond donors (Lipinski definition) is 2.